The Morgan fingerprint density at radius 2 is 1.38 bits per heavy atom. The van der Waals surface area contributed by atoms with Crippen LogP contribution in [0.15, 0.2) is 71.5 Å². The van der Waals surface area contributed by atoms with Crippen LogP contribution in [-0.2, 0) is 25.7 Å². The molecule has 0 unspecified atom stereocenters. The maximum Gasteiger partial charge on any atom is 0.208 e. The third-order valence-electron chi connectivity index (χ3n) is 7.96. The molecule has 3 rings (SSSR count). The third-order valence-corrected chi connectivity index (χ3v) is 7.96. The summed E-state index contributed by atoms with van der Waals surface area (Å²) in [7, 11) is 0. The minimum absolute atomic E-state index is 0.850. The molecule has 0 radical (unpaired) electrons. The summed E-state index contributed by atoms with van der Waals surface area (Å²) < 4.78 is 2.21. The lowest BCUT2D eigenvalue weighted by molar-refractivity contribution is -0.539. The van der Waals surface area contributed by atoms with Gasteiger partial charge in [-0.05, 0) is 114 Å². The first kappa shape index (κ1) is 31.5. The first-order valence-corrected chi connectivity index (χ1v) is 16.1. The van der Waals surface area contributed by atoms with Crippen molar-refractivity contribution in [2.24, 2.45) is 5.11 Å². The van der Waals surface area contributed by atoms with Gasteiger partial charge in [0.2, 0.25) is 5.70 Å². The van der Waals surface area contributed by atoms with E-state index in [-0.39, 0.29) is 0 Å². The van der Waals surface area contributed by atoms with Crippen LogP contribution in [0.1, 0.15) is 114 Å². The van der Waals surface area contributed by atoms with Gasteiger partial charge in [0.15, 0.2) is 6.54 Å². The number of azo groups is 2. The molecular formula is C38H53N2+. The smallest absolute Gasteiger partial charge is 0.0882 e. The Hall–Kier alpha value is -3.00. The van der Waals surface area contributed by atoms with Gasteiger partial charge in [0.05, 0.1) is 0 Å². The SMILES string of the molecule is CCCCc1ccc(N=[N+](CC)C(=Cc2cc(CC)c(CCCC)c(-c3ccccc3)c2)CC)cc1CCCC. The molecule has 0 aliphatic rings. The molecule has 40 heavy (non-hydrogen) atoms. The van der Waals surface area contributed by atoms with E-state index in [9.17, 15) is 0 Å². The number of aryl methyl sites for hydroxylation is 3. The summed E-state index contributed by atoms with van der Waals surface area (Å²) in [5.74, 6) is 0. The van der Waals surface area contributed by atoms with E-state index >= 15 is 0 Å². The zero-order chi connectivity index (χ0) is 28.7. The number of rotatable bonds is 16. The molecule has 0 fully saturated rings. The fraction of sp³-hybridized carbons (Fsp3) is 0.474. The van der Waals surface area contributed by atoms with E-state index in [1.165, 1.54) is 89.6 Å². The molecule has 0 saturated heterocycles. The third kappa shape index (κ3) is 8.75. The normalized spacial score (nSPS) is 12.2. The number of allylic oxidation sites excluding steroid dienone is 1. The Balaban J connectivity index is 2.06. The summed E-state index contributed by atoms with van der Waals surface area (Å²) in [5, 5.41) is 5.18. The van der Waals surface area contributed by atoms with Crippen molar-refractivity contribution in [3.8, 4) is 11.1 Å². The van der Waals surface area contributed by atoms with Crippen molar-refractivity contribution in [2.45, 2.75) is 112 Å². The van der Waals surface area contributed by atoms with Crippen molar-refractivity contribution in [1.29, 1.82) is 0 Å². The average molecular weight is 538 g/mol. The van der Waals surface area contributed by atoms with Crippen molar-refractivity contribution >= 4 is 11.8 Å². The molecule has 0 atom stereocenters. The Morgan fingerprint density at radius 3 is 2.00 bits per heavy atom. The molecule has 0 N–H and O–H groups in total. The predicted octanol–water partition coefficient (Wildman–Crippen LogP) is 11.5. The van der Waals surface area contributed by atoms with Crippen LogP contribution in [0.5, 0.6) is 0 Å². The minimum atomic E-state index is 0.850. The number of unbranched alkanes of at least 4 members (excludes halogenated alkanes) is 3. The summed E-state index contributed by atoms with van der Waals surface area (Å²) in [5.41, 5.74) is 12.3. The van der Waals surface area contributed by atoms with Crippen molar-refractivity contribution < 1.29 is 4.70 Å². The van der Waals surface area contributed by atoms with Crippen LogP contribution in [0, 0.1) is 0 Å². The first-order chi connectivity index (χ1) is 19.6. The second kappa shape index (κ2) is 17.0. The highest BCUT2D eigenvalue weighted by Crippen LogP contribution is 2.31. The van der Waals surface area contributed by atoms with Crippen LogP contribution in [0.25, 0.3) is 17.2 Å². The number of benzene rings is 3. The lowest BCUT2D eigenvalue weighted by atomic mass is 9.88. The molecule has 0 heterocycles. The minimum Gasteiger partial charge on any atom is -0.0882 e. The van der Waals surface area contributed by atoms with Gasteiger partial charge in [-0.15, -0.1) is 0 Å². The summed E-state index contributed by atoms with van der Waals surface area (Å²) in [4.78, 5) is 0. The fourth-order valence-corrected chi connectivity index (χ4v) is 5.59. The van der Waals surface area contributed by atoms with Gasteiger partial charge in [-0.2, -0.15) is 0 Å². The molecule has 0 bridgehead atoms. The van der Waals surface area contributed by atoms with E-state index in [1.54, 1.807) is 0 Å². The predicted molar refractivity (Wildman–Crippen MR) is 175 cm³/mol. The van der Waals surface area contributed by atoms with Gasteiger partial charge in [-0.25, -0.2) is 0 Å². The van der Waals surface area contributed by atoms with Gasteiger partial charge in [0, 0.05) is 12.5 Å². The number of hydrogen-bond acceptors (Lipinski definition) is 1. The van der Waals surface area contributed by atoms with Crippen LogP contribution in [0.2, 0.25) is 0 Å². The van der Waals surface area contributed by atoms with E-state index in [0.717, 1.165) is 37.9 Å². The molecular weight excluding hydrogens is 484 g/mol. The highest BCUT2D eigenvalue weighted by atomic mass is 15.3. The number of nitrogens with zero attached hydrogens (tertiary/aromatic N) is 2. The Labute approximate surface area is 245 Å². The maximum atomic E-state index is 5.18. The topological polar surface area (TPSA) is 15.4 Å². The second-order valence-electron chi connectivity index (χ2n) is 11.0. The molecule has 2 nitrogen and oxygen atoms in total. The zero-order valence-corrected chi connectivity index (χ0v) is 26.2. The fourth-order valence-electron chi connectivity index (χ4n) is 5.59. The molecule has 0 saturated carbocycles. The highest BCUT2D eigenvalue weighted by Gasteiger charge is 2.16. The lowest BCUT2D eigenvalue weighted by Crippen LogP contribution is -2.08. The van der Waals surface area contributed by atoms with Gasteiger partial charge in [-0.1, -0.05) is 101 Å². The highest BCUT2D eigenvalue weighted by molar-refractivity contribution is 5.73. The second-order valence-corrected chi connectivity index (χ2v) is 11.0. The maximum absolute atomic E-state index is 5.18. The molecule has 2 heteroatoms. The van der Waals surface area contributed by atoms with Crippen molar-refractivity contribution in [3.05, 3.63) is 94.2 Å². The quantitative estimate of drug-likeness (QED) is 0.127. The van der Waals surface area contributed by atoms with E-state index in [0.29, 0.717) is 0 Å². The lowest BCUT2D eigenvalue weighted by Gasteiger charge is -2.16. The van der Waals surface area contributed by atoms with E-state index in [1.807, 2.05) is 0 Å². The van der Waals surface area contributed by atoms with Gasteiger partial charge in [0.25, 0.3) is 0 Å². The van der Waals surface area contributed by atoms with E-state index in [2.05, 4.69) is 113 Å². The number of hydrogen-bond donors (Lipinski definition) is 0. The molecule has 3 aromatic carbocycles. The Kier molecular flexibility index (Phi) is 13.4. The first-order valence-electron chi connectivity index (χ1n) is 16.1. The summed E-state index contributed by atoms with van der Waals surface area (Å²) in [6.07, 6.45) is 15.2. The Morgan fingerprint density at radius 1 is 0.700 bits per heavy atom. The van der Waals surface area contributed by atoms with Crippen LogP contribution < -0.4 is 0 Å². The van der Waals surface area contributed by atoms with Gasteiger partial charge < -0.3 is 0 Å². The van der Waals surface area contributed by atoms with Gasteiger partial charge in [0.1, 0.15) is 5.69 Å². The Bertz CT molecular complexity index is 1250. The van der Waals surface area contributed by atoms with Gasteiger partial charge >= 0.3 is 0 Å². The van der Waals surface area contributed by atoms with Crippen LogP contribution in [-0.4, -0.2) is 11.2 Å². The summed E-state index contributed by atoms with van der Waals surface area (Å²) >= 11 is 0. The van der Waals surface area contributed by atoms with Crippen molar-refractivity contribution in [1.82, 2.24) is 0 Å². The largest absolute Gasteiger partial charge is 0.208 e. The van der Waals surface area contributed by atoms with Crippen molar-refractivity contribution in [2.75, 3.05) is 6.54 Å². The van der Waals surface area contributed by atoms with E-state index in [4.69, 9.17) is 5.11 Å². The monoisotopic (exact) mass is 537 g/mol. The average Bonchev–Trinajstić information content (AvgIpc) is 3.00. The van der Waals surface area contributed by atoms with Crippen LogP contribution >= 0.6 is 0 Å². The van der Waals surface area contributed by atoms with Crippen LogP contribution in [0.4, 0.5) is 5.69 Å². The van der Waals surface area contributed by atoms with E-state index < -0.39 is 0 Å². The molecule has 0 aromatic heterocycles. The summed E-state index contributed by atoms with van der Waals surface area (Å²) in [6, 6.07) is 22.7. The van der Waals surface area contributed by atoms with Crippen LogP contribution in [0.3, 0.4) is 0 Å². The standard InChI is InChI=1S/C38H53N2/c1-7-13-19-32-24-25-35(29-34(32)20-14-8-2)39-40(12-6)36(11-5)27-30-26-31(10-4)37(23-15-9-3)38(28-30)33-21-17-16-18-22-33/h16-18,21-22,24-29H,7-15,19-20,23H2,1-6H3/q+1. The molecule has 3 aromatic rings. The van der Waals surface area contributed by atoms with Crippen molar-refractivity contribution in [3.63, 3.8) is 0 Å². The van der Waals surface area contributed by atoms with Gasteiger partial charge in [-0.3, -0.25) is 0 Å². The molecule has 0 aliphatic carbocycles. The molecule has 0 spiro atoms. The summed E-state index contributed by atoms with van der Waals surface area (Å²) in [6.45, 7) is 14.4. The molecule has 214 valence electrons. The molecule has 0 aliphatic heterocycles. The zero-order valence-electron chi connectivity index (χ0n) is 26.2. The molecule has 0 amide bonds.